The first kappa shape index (κ1) is 14.3. The summed E-state index contributed by atoms with van der Waals surface area (Å²) < 4.78 is 0. The Morgan fingerprint density at radius 3 is 1.75 bits per heavy atom. The van der Waals surface area contributed by atoms with E-state index in [1.807, 2.05) is 12.1 Å². The monoisotopic (exact) mass is 208 g/mol. The fraction of sp³-hybridized carbons (Fsp3) is 0.250. The molecule has 12 heavy (non-hydrogen) atoms. The summed E-state index contributed by atoms with van der Waals surface area (Å²) in [4.78, 5) is 1.35. The van der Waals surface area contributed by atoms with Gasteiger partial charge in [0.05, 0.1) is 14.1 Å². The van der Waals surface area contributed by atoms with Crippen LogP contribution >= 0.6 is 0 Å². The molecule has 0 aliphatic rings. The van der Waals surface area contributed by atoms with Gasteiger partial charge < -0.3 is 35.4 Å². The van der Waals surface area contributed by atoms with Crippen LogP contribution in [0.4, 0.5) is 11.4 Å². The Kier molecular flexibility index (Phi) is 7.44. The van der Waals surface area contributed by atoms with Crippen molar-refractivity contribution in [3.63, 3.8) is 0 Å². The van der Waals surface area contributed by atoms with Gasteiger partial charge in [-0.05, 0) is 0 Å². The maximum absolute atomic E-state index is 3.81. The lowest BCUT2D eigenvalue weighted by Crippen LogP contribution is -3.00. The predicted molar refractivity (Wildman–Crippen MR) is 41.5 cm³/mol. The van der Waals surface area contributed by atoms with Crippen molar-refractivity contribution in [1.82, 2.24) is 0 Å². The van der Waals surface area contributed by atoms with E-state index in [1.165, 1.54) is 10.6 Å². The summed E-state index contributed by atoms with van der Waals surface area (Å²) in [6.45, 7) is 0. The highest BCUT2D eigenvalue weighted by molar-refractivity contribution is 5.38. The third-order valence-electron chi connectivity index (χ3n) is 1.53. The van der Waals surface area contributed by atoms with E-state index in [-0.39, 0.29) is 24.8 Å². The standard InChI is InChI=1S/C8H12N2.2ClH/c1-10(2)8-5-3-7(9)4-6-8;;/h3-6H,9H2,1-2H3;2*1H. The van der Waals surface area contributed by atoms with Crippen LogP contribution in [-0.2, 0) is 0 Å². The molecule has 1 aromatic carbocycles. The Morgan fingerprint density at radius 2 is 1.42 bits per heavy atom. The van der Waals surface area contributed by atoms with Gasteiger partial charge in [-0.3, -0.25) is 0 Å². The first-order valence-electron chi connectivity index (χ1n) is 3.42. The molecular weight excluding hydrogens is 195 g/mol. The Morgan fingerprint density at radius 1 is 1.00 bits per heavy atom. The van der Waals surface area contributed by atoms with Gasteiger partial charge in [0.1, 0.15) is 11.4 Å². The normalized spacial score (nSPS) is 8.67. The van der Waals surface area contributed by atoms with Gasteiger partial charge >= 0.3 is 0 Å². The highest BCUT2D eigenvalue weighted by Crippen LogP contribution is 2.03. The smallest absolute Gasteiger partial charge is 0.131 e. The highest BCUT2D eigenvalue weighted by atomic mass is 35.5. The molecule has 0 aliphatic carbocycles. The molecule has 0 heterocycles. The third-order valence-corrected chi connectivity index (χ3v) is 1.53. The zero-order valence-electron chi connectivity index (χ0n) is 7.27. The van der Waals surface area contributed by atoms with E-state index >= 15 is 0 Å². The first-order chi connectivity index (χ1) is 4.70. The number of hydrogen-bond acceptors (Lipinski definition) is 0. The van der Waals surface area contributed by atoms with E-state index in [1.54, 1.807) is 0 Å². The van der Waals surface area contributed by atoms with E-state index in [2.05, 4.69) is 32.0 Å². The summed E-state index contributed by atoms with van der Waals surface area (Å²) in [5.41, 5.74) is 6.18. The molecule has 0 saturated heterocycles. The van der Waals surface area contributed by atoms with Crippen LogP contribution in [0, 0.1) is 0 Å². The average Bonchev–Trinajstić information content (AvgIpc) is 1.88. The summed E-state index contributed by atoms with van der Waals surface area (Å²) in [5.74, 6) is 0. The molecule has 0 aliphatic heterocycles. The molecule has 0 atom stereocenters. The second kappa shape index (κ2) is 6.26. The summed E-state index contributed by atoms with van der Waals surface area (Å²) in [5, 5.41) is 0. The Hall–Kier alpha value is -0.280. The summed E-state index contributed by atoms with van der Waals surface area (Å²) >= 11 is 0. The molecule has 0 unspecified atom stereocenters. The van der Waals surface area contributed by atoms with Gasteiger partial charge in [0.15, 0.2) is 0 Å². The van der Waals surface area contributed by atoms with Crippen molar-refractivity contribution in [2.24, 2.45) is 0 Å². The van der Waals surface area contributed by atoms with Crippen LogP contribution in [0.25, 0.3) is 0 Å². The van der Waals surface area contributed by atoms with Crippen LogP contribution in [0.5, 0.6) is 0 Å². The van der Waals surface area contributed by atoms with Crippen LogP contribution in [0.3, 0.4) is 0 Å². The zero-order valence-corrected chi connectivity index (χ0v) is 8.78. The average molecular weight is 209 g/mol. The number of nitrogens with one attached hydrogen (secondary N) is 1. The van der Waals surface area contributed by atoms with E-state index < -0.39 is 0 Å². The third kappa shape index (κ3) is 3.93. The molecule has 0 radical (unpaired) electrons. The van der Waals surface area contributed by atoms with E-state index in [0.717, 1.165) is 5.69 Å². The van der Waals surface area contributed by atoms with Crippen molar-refractivity contribution in [2.45, 2.75) is 0 Å². The molecule has 2 nitrogen and oxygen atoms in total. The SMILES string of the molecule is C[NH+](C)c1ccc([NH3+])cc1.[Cl-].[Cl-]. The van der Waals surface area contributed by atoms with E-state index in [0.29, 0.717) is 0 Å². The number of benzene rings is 1. The second-order valence-corrected chi connectivity index (χ2v) is 2.70. The highest BCUT2D eigenvalue weighted by Gasteiger charge is 1.97. The van der Waals surface area contributed by atoms with Gasteiger partial charge in [-0.15, -0.1) is 0 Å². The summed E-state index contributed by atoms with van der Waals surface area (Å²) in [6, 6.07) is 8.25. The van der Waals surface area contributed by atoms with Gasteiger partial charge in [0.2, 0.25) is 0 Å². The lowest BCUT2D eigenvalue weighted by Gasteiger charge is -2.04. The summed E-state index contributed by atoms with van der Waals surface area (Å²) in [6.07, 6.45) is 0. The zero-order chi connectivity index (χ0) is 7.56. The van der Waals surface area contributed by atoms with E-state index in [4.69, 9.17) is 0 Å². The van der Waals surface area contributed by atoms with Crippen molar-refractivity contribution < 1.29 is 35.4 Å². The topological polar surface area (TPSA) is 32.1 Å². The second-order valence-electron chi connectivity index (χ2n) is 2.70. The van der Waals surface area contributed by atoms with Crippen LogP contribution in [0.2, 0.25) is 0 Å². The molecule has 70 valence electrons. The number of halogens is 2. The largest absolute Gasteiger partial charge is 1.00 e. The Bertz CT molecular complexity index is 209. The van der Waals surface area contributed by atoms with Crippen molar-refractivity contribution >= 4 is 11.4 Å². The lowest BCUT2D eigenvalue weighted by atomic mass is 10.3. The Labute approximate surface area is 85.6 Å². The molecule has 4 heteroatoms. The quantitative estimate of drug-likeness (QED) is 0.461. The maximum atomic E-state index is 3.81. The number of quaternary nitrogens is 2. The van der Waals surface area contributed by atoms with Crippen molar-refractivity contribution in [3.05, 3.63) is 24.3 Å². The molecule has 0 fully saturated rings. The summed E-state index contributed by atoms with van der Waals surface area (Å²) in [7, 11) is 4.22. The number of rotatable bonds is 1. The molecule has 0 spiro atoms. The minimum absolute atomic E-state index is 0. The fourth-order valence-electron chi connectivity index (χ4n) is 0.838. The Balaban J connectivity index is 0. The molecule has 0 bridgehead atoms. The van der Waals surface area contributed by atoms with Crippen molar-refractivity contribution in [1.29, 1.82) is 0 Å². The van der Waals surface area contributed by atoms with Gasteiger partial charge in [0.25, 0.3) is 0 Å². The van der Waals surface area contributed by atoms with Crippen molar-refractivity contribution in [2.75, 3.05) is 14.1 Å². The van der Waals surface area contributed by atoms with Crippen LogP contribution in [0.15, 0.2) is 24.3 Å². The van der Waals surface area contributed by atoms with Crippen LogP contribution < -0.4 is 35.4 Å². The first-order valence-corrected chi connectivity index (χ1v) is 3.42. The fourth-order valence-corrected chi connectivity index (χ4v) is 0.838. The molecule has 1 aromatic rings. The molecular formula is C8H14Cl2N2. The maximum Gasteiger partial charge on any atom is 0.131 e. The molecule has 4 N–H and O–H groups in total. The minimum Gasteiger partial charge on any atom is -1.00 e. The van der Waals surface area contributed by atoms with Gasteiger partial charge in [-0.1, -0.05) is 0 Å². The molecule has 0 aromatic heterocycles. The van der Waals surface area contributed by atoms with Crippen LogP contribution in [-0.4, -0.2) is 14.1 Å². The molecule has 0 amide bonds. The lowest BCUT2D eigenvalue weighted by molar-refractivity contribution is -0.786. The molecule has 0 saturated carbocycles. The van der Waals surface area contributed by atoms with Crippen molar-refractivity contribution in [3.8, 4) is 0 Å². The van der Waals surface area contributed by atoms with Gasteiger partial charge in [0, 0.05) is 24.3 Å². The van der Waals surface area contributed by atoms with Crippen LogP contribution in [0.1, 0.15) is 0 Å². The van der Waals surface area contributed by atoms with Gasteiger partial charge in [-0.2, -0.15) is 0 Å². The molecule has 1 rings (SSSR count). The minimum atomic E-state index is 0. The predicted octanol–water partition coefficient (Wildman–Crippen LogP) is -6.66. The van der Waals surface area contributed by atoms with Gasteiger partial charge in [-0.25, -0.2) is 0 Å². The van der Waals surface area contributed by atoms with E-state index in [9.17, 15) is 0 Å². The number of hydrogen-bond donors (Lipinski definition) is 2.